The summed E-state index contributed by atoms with van der Waals surface area (Å²) in [4.78, 5) is 8.29. The Labute approximate surface area is 164 Å². The molecule has 1 atom stereocenters. The molecule has 3 heterocycles. The van der Waals surface area contributed by atoms with Crippen LogP contribution in [0.3, 0.4) is 0 Å². The molecule has 1 fully saturated rings. The number of aliphatic imine (C=N–C) groups is 1. The van der Waals surface area contributed by atoms with Crippen molar-refractivity contribution in [1.29, 1.82) is 0 Å². The number of hydrogen-bond acceptors (Lipinski definition) is 4. The van der Waals surface area contributed by atoms with E-state index in [9.17, 15) is 0 Å². The van der Waals surface area contributed by atoms with Crippen LogP contribution < -0.4 is 10.6 Å². The van der Waals surface area contributed by atoms with Gasteiger partial charge in [-0.2, -0.15) is 0 Å². The third kappa shape index (κ3) is 5.22. The Kier molecular flexibility index (Phi) is 8.07. The van der Waals surface area contributed by atoms with Gasteiger partial charge in [-0.25, -0.2) is 0 Å². The Hall–Kier alpha value is -1.06. The van der Waals surface area contributed by atoms with E-state index in [1.54, 1.807) is 13.3 Å². The van der Waals surface area contributed by atoms with E-state index in [1.165, 1.54) is 30.8 Å². The number of nitrogens with one attached hydrogen (secondary N) is 2. The number of likely N-dealkylation sites (tertiary alicyclic amines) is 1. The maximum Gasteiger partial charge on any atom is 0.191 e. The second-order valence-electron chi connectivity index (χ2n) is 5.66. The van der Waals surface area contributed by atoms with E-state index in [4.69, 9.17) is 4.42 Å². The molecule has 1 unspecified atom stereocenters. The van der Waals surface area contributed by atoms with Crippen LogP contribution in [0.5, 0.6) is 0 Å². The Morgan fingerprint density at radius 3 is 2.75 bits per heavy atom. The highest BCUT2D eigenvalue weighted by Crippen LogP contribution is 2.27. The van der Waals surface area contributed by atoms with E-state index < -0.39 is 0 Å². The van der Waals surface area contributed by atoms with Crippen LogP contribution in [0.4, 0.5) is 0 Å². The minimum Gasteiger partial charge on any atom is -0.467 e. The molecule has 2 aromatic rings. The van der Waals surface area contributed by atoms with Gasteiger partial charge in [-0.05, 0) is 49.5 Å². The first-order chi connectivity index (χ1) is 11.4. The van der Waals surface area contributed by atoms with Gasteiger partial charge < -0.3 is 15.1 Å². The highest BCUT2D eigenvalue weighted by atomic mass is 127. The van der Waals surface area contributed by atoms with Gasteiger partial charge in [0.25, 0.3) is 0 Å². The van der Waals surface area contributed by atoms with Crippen LogP contribution in [0.15, 0.2) is 45.3 Å². The second-order valence-corrected chi connectivity index (χ2v) is 6.64. The molecule has 1 aliphatic rings. The van der Waals surface area contributed by atoms with Crippen molar-refractivity contribution in [2.75, 3.05) is 26.7 Å². The highest BCUT2D eigenvalue weighted by molar-refractivity contribution is 14.0. The molecular weight excluding hydrogens is 435 g/mol. The molecule has 7 heteroatoms. The lowest BCUT2D eigenvalue weighted by atomic mass is 10.2. The summed E-state index contributed by atoms with van der Waals surface area (Å²) in [5.74, 6) is 1.71. The van der Waals surface area contributed by atoms with E-state index in [0.717, 1.165) is 18.3 Å². The fourth-order valence-electron chi connectivity index (χ4n) is 2.94. The Morgan fingerprint density at radius 2 is 2.12 bits per heavy atom. The van der Waals surface area contributed by atoms with Gasteiger partial charge >= 0.3 is 0 Å². The fourth-order valence-corrected chi connectivity index (χ4v) is 3.80. The van der Waals surface area contributed by atoms with Crippen LogP contribution in [-0.2, 0) is 6.54 Å². The van der Waals surface area contributed by atoms with Crippen LogP contribution in [0, 0.1) is 0 Å². The van der Waals surface area contributed by atoms with E-state index in [0.29, 0.717) is 12.6 Å². The molecule has 0 aliphatic carbocycles. The smallest absolute Gasteiger partial charge is 0.191 e. The minimum atomic E-state index is 0. The topological polar surface area (TPSA) is 52.8 Å². The zero-order valence-corrected chi connectivity index (χ0v) is 17.1. The number of halogens is 1. The van der Waals surface area contributed by atoms with Crippen LogP contribution in [0.2, 0.25) is 0 Å². The molecule has 0 spiro atoms. The lowest BCUT2D eigenvalue weighted by Gasteiger charge is -2.27. The Balaban J connectivity index is 0.00000208. The summed E-state index contributed by atoms with van der Waals surface area (Å²) in [5.41, 5.74) is 0. The minimum absolute atomic E-state index is 0. The maximum absolute atomic E-state index is 5.34. The number of rotatable bonds is 6. The third-order valence-corrected chi connectivity index (χ3v) is 5.12. The third-order valence-electron chi connectivity index (χ3n) is 4.15. The normalized spacial score (nSPS) is 16.6. The van der Waals surface area contributed by atoms with E-state index >= 15 is 0 Å². The first-order valence-electron chi connectivity index (χ1n) is 8.11. The number of guanidine groups is 1. The molecule has 0 amide bonds. The standard InChI is InChI=1S/C17H24N4OS.HI/c1-18-17(19-12-14-6-4-10-22-14)20-13-15(16-7-5-11-23-16)21-8-2-3-9-21;/h4-7,10-11,15H,2-3,8-9,12-13H2,1H3,(H2,18,19,20);1H. The van der Waals surface area contributed by atoms with Gasteiger partial charge in [-0.1, -0.05) is 6.07 Å². The molecule has 0 saturated carbocycles. The number of nitrogens with zero attached hydrogens (tertiary/aromatic N) is 2. The van der Waals surface area contributed by atoms with Gasteiger partial charge in [0.1, 0.15) is 5.76 Å². The first kappa shape index (κ1) is 19.3. The van der Waals surface area contributed by atoms with Gasteiger partial charge in [0, 0.05) is 18.5 Å². The molecule has 1 aliphatic heterocycles. The lowest BCUT2D eigenvalue weighted by Crippen LogP contribution is -2.42. The number of hydrogen-bond donors (Lipinski definition) is 2. The molecular formula is C17H25IN4OS. The molecule has 1 saturated heterocycles. The van der Waals surface area contributed by atoms with Gasteiger partial charge in [0.2, 0.25) is 0 Å². The molecule has 2 N–H and O–H groups in total. The van der Waals surface area contributed by atoms with Crippen molar-refractivity contribution in [3.05, 3.63) is 46.5 Å². The van der Waals surface area contributed by atoms with Crippen molar-refractivity contribution in [1.82, 2.24) is 15.5 Å². The lowest BCUT2D eigenvalue weighted by molar-refractivity contribution is 0.249. The van der Waals surface area contributed by atoms with Crippen LogP contribution in [0.1, 0.15) is 29.5 Å². The van der Waals surface area contributed by atoms with Gasteiger partial charge in [0.15, 0.2) is 5.96 Å². The molecule has 0 bridgehead atoms. The second kappa shape index (κ2) is 10.0. The van der Waals surface area contributed by atoms with Crippen LogP contribution in [0.25, 0.3) is 0 Å². The summed E-state index contributed by atoms with van der Waals surface area (Å²) in [7, 11) is 1.80. The molecule has 2 aromatic heterocycles. The first-order valence-corrected chi connectivity index (χ1v) is 8.99. The van der Waals surface area contributed by atoms with Crippen molar-refractivity contribution in [2.45, 2.75) is 25.4 Å². The zero-order valence-electron chi connectivity index (χ0n) is 13.9. The number of furan rings is 1. The van der Waals surface area contributed by atoms with E-state index in [2.05, 4.69) is 38.0 Å². The summed E-state index contributed by atoms with van der Waals surface area (Å²) in [6, 6.07) is 8.63. The summed E-state index contributed by atoms with van der Waals surface area (Å²) in [6.45, 7) is 3.86. The quantitative estimate of drug-likeness (QED) is 0.394. The average Bonchev–Trinajstić information content (AvgIpc) is 3.34. The maximum atomic E-state index is 5.34. The van der Waals surface area contributed by atoms with E-state index in [1.807, 2.05) is 23.5 Å². The predicted octanol–water partition coefficient (Wildman–Crippen LogP) is 3.46. The van der Waals surface area contributed by atoms with Gasteiger partial charge in [0.05, 0.1) is 18.8 Å². The molecule has 3 rings (SSSR count). The van der Waals surface area contributed by atoms with Crippen LogP contribution >= 0.6 is 35.3 Å². The van der Waals surface area contributed by atoms with Crippen LogP contribution in [-0.4, -0.2) is 37.5 Å². The van der Waals surface area contributed by atoms with E-state index in [-0.39, 0.29) is 24.0 Å². The largest absolute Gasteiger partial charge is 0.467 e. The predicted molar refractivity (Wildman–Crippen MR) is 110 cm³/mol. The average molecular weight is 460 g/mol. The summed E-state index contributed by atoms with van der Waals surface area (Å²) in [5, 5.41) is 8.91. The van der Waals surface area contributed by atoms with Crippen molar-refractivity contribution < 1.29 is 4.42 Å². The molecule has 0 radical (unpaired) electrons. The highest BCUT2D eigenvalue weighted by Gasteiger charge is 2.24. The Morgan fingerprint density at radius 1 is 1.29 bits per heavy atom. The van der Waals surface area contributed by atoms with Gasteiger partial charge in [-0.15, -0.1) is 35.3 Å². The zero-order chi connectivity index (χ0) is 15.9. The monoisotopic (exact) mass is 460 g/mol. The SMILES string of the molecule is CN=C(NCc1ccco1)NCC(c1cccs1)N1CCCC1.I. The summed E-state index contributed by atoms with van der Waals surface area (Å²) >= 11 is 1.83. The summed E-state index contributed by atoms with van der Waals surface area (Å²) in [6.07, 6.45) is 4.29. The van der Waals surface area contributed by atoms with Crippen molar-refractivity contribution in [2.24, 2.45) is 4.99 Å². The number of thiophene rings is 1. The van der Waals surface area contributed by atoms with Crippen molar-refractivity contribution in [3.8, 4) is 0 Å². The molecule has 0 aromatic carbocycles. The summed E-state index contributed by atoms with van der Waals surface area (Å²) < 4.78 is 5.34. The Bertz CT molecular complexity index is 594. The molecule has 24 heavy (non-hydrogen) atoms. The molecule has 132 valence electrons. The molecule has 5 nitrogen and oxygen atoms in total. The van der Waals surface area contributed by atoms with Crippen molar-refractivity contribution >= 4 is 41.3 Å². The fraction of sp³-hybridized carbons (Fsp3) is 0.471. The van der Waals surface area contributed by atoms with Crippen molar-refractivity contribution in [3.63, 3.8) is 0 Å². The van der Waals surface area contributed by atoms with Gasteiger partial charge in [-0.3, -0.25) is 9.89 Å².